The molecule has 2 rings (SSSR count). The van der Waals surface area contributed by atoms with E-state index in [0.717, 1.165) is 11.1 Å². The van der Waals surface area contributed by atoms with Crippen molar-refractivity contribution in [1.82, 2.24) is 10.2 Å². The van der Waals surface area contributed by atoms with Crippen LogP contribution in [0.4, 0.5) is 4.39 Å². The van der Waals surface area contributed by atoms with Crippen LogP contribution in [0, 0.1) is 12.7 Å². The Hall–Kier alpha value is -2.05. The molecule has 0 bridgehead atoms. The Balaban J connectivity index is 2.08. The Labute approximate surface area is 180 Å². The number of carbonyl (C=O) groups excluding carboxylic acids is 2. The summed E-state index contributed by atoms with van der Waals surface area (Å²) in [6, 6.07) is 11.8. The van der Waals surface area contributed by atoms with Crippen molar-refractivity contribution in [3.63, 3.8) is 0 Å². The molecule has 0 spiro atoms. The molecule has 0 aliphatic rings. The SMILES string of the molecule is CCNC(=O)C(C)N(Cc1ccc(C)cc1)C(=O)CSCc1c(F)cccc1Cl. The van der Waals surface area contributed by atoms with Crippen LogP contribution in [0.1, 0.15) is 30.5 Å². The molecular formula is C22H26ClFN2O2S. The number of thioether (sulfide) groups is 1. The predicted molar refractivity (Wildman–Crippen MR) is 117 cm³/mol. The second-order valence-electron chi connectivity index (χ2n) is 6.77. The summed E-state index contributed by atoms with van der Waals surface area (Å²) in [7, 11) is 0. The molecule has 2 aromatic rings. The zero-order valence-electron chi connectivity index (χ0n) is 16.9. The van der Waals surface area contributed by atoms with Crippen molar-refractivity contribution in [3.8, 4) is 0 Å². The van der Waals surface area contributed by atoms with E-state index in [1.54, 1.807) is 24.0 Å². The number of likely N-dealkylation sites (N-methyl/N-ethyl adjacent to an activating group) is 1. The van der Waals surface area contributed by atoms with E-state index in [0.29, 0.717) is 23.7 Å². The van der Waals surface area contributed by atoms with Crippen LogP contribution in [0.15, 0.2) is 42.5 Å². The van der Waals surface area contributed by atoms with Gasteiger partial charge < -0.3 is 10.2 Å². The summed E-state index contributed by atoms with van der Waals surface area (Å²) < 4.78 is 13.9. The molecular weight excluding hydrogens is 411 g/mol. The van der Waals surface area contributed by atoms with Crippen molar-refractivity contribution >= 4 is 35.2 Å². The van der Waals surface area contributed by atoms with Gasteiger partial charge in [0, 0.05) is 29.4 Å². The maximum atomic E-state index is 13.9. The van der Waals surface area contributed by atoms with Crippen molar-refractivity contribution < 1.29 is 14.0 Å². The molecule has 0 radical (unpaired) electrons. The normalized spacial score (nSPS) is 11.8. The second kappa shape index (κ2) is 11.2. The molecule has 29 heavy (non-hydrogen) atoms. The van der Waals surface area contributed by atoms with E-state index in [1.165, 1.54) is 17.8 Å². The van der Waals surface area contributed by atoms with Crippen LogP contribution in [-0.4, -0.2) is 35.1 Å². The molecule has 7 heteroatoms. The van der Waals surface area contributed by atoms with E-state index >= 15 is 0 Å². The Morgan fingerprint density at radius 1 is 1.21 bits per heavy atom. The molecule has 1 N–H and O–H groups in total. The molecule has 1 atom stereocenters. The first-order chi connectivity index (χ1) is 13.8. The maximum Gasteiger partial charge on any atom is 0.242 e. The van der Waals surface area contributed by atoms with E-state index in [1.807, 2.05) is 38.1 Å². The topological polar surface area (TPSA) is 49.4 Å². The molecule has 0 saturated heterocycles. The molecule has 2 amide bonds. The highest BCUT2D eigenvalue weighted by Crippen LogP contribution is 2.24. The first-order valence-electron chi connectivity index (χ1n) is 9.46. The molecule has 156 valence electrons. The Bertz CT molecular complexity index is 825. The molecule has 0 fully saturated rings. The third kappa shape index (κ3) is 6.75. The minimum Gasteiger partial charge on any atom is -0.355 e. The van der Waals surface area contributed by atoms with Gasteiger partial charge >= 0.3 is 0 Å². The van der Waals surface area contributed by atoms with Crippen LogP contribution < -0.4 is 5.32 Å². The zero-order chi connectivity index (χ0) is 21.4. The molecule has 0 aliphatic carbocycles. The molecule has 0 saturated carbocycles. The molecule has 4 nitrogen and oxygen atoms in total. The summed E-state index contributed by atoms with van der Waals surface area (Å²) in [6.45, 7) is 6.38. The van der Waals surface area contributed by atoms with Crippen molar-refractivity contribution in [2.75, 3.05) is 12.3 Å². The van der Waals surface area contributed by atoms with E-state index in [4.69, 9.17) is 11.6 Å². The van der Waals surface area contributed by atoms with E-state index in [-0.39, 0.29) is 29.1 Å². The van der Waals surface area contributed by atoms with Crippen molar-refractivity contribution in [2.24, 2.45) is 0 Å². The third-order valence-corrected chi connectivity index (χ3v) is 5.82. The van der Waals surface area contributed by atoms with Gasteiger partial charge in [-0.15, -0.1) is 11.8 Å². The molecule has 0 aliphatic heterocycles. The van der Waals surface area contributed by atoms with Crippen molar-refractivity contribution in [1.29, 1.82) is 0 Å². The van der Waals surface area contributed by atoms with Gasteiger partial charge in [-0.2, -0.15) is 0 Å². The van der Waals surface area contributed by atoms with Crippen LogP contribution in [0.5, 0.6) is 0 Å². The summed E-state index contributed by atoms with van der Waals surface area (Å²) in [4.78, 5) is 26.8. The van der Waals surface area contributed by atoms with Gasteiger partial charge in [0.25, 0.3) is 0 Å². The quantitative estimate of drug-likeness (QED) is 0.626. The summed E-state index contributed by atoms with van der Waals surface area (Å²) >= 11 is 7.33. The lowest BCUT2D eigenvalue weighted by Gasteiger charge is -2.28. The minimum atomic E-state index is -0.610. The van der Waals surface area contributed by atoms with Gasteiger partial charge in [-0.25, -0.2) is 4.39 Å². The van der Waals surface area contributed by atoms with Gasteiger partial charge in [-0.05, 0) is 38.5 Å². The average molecular weight is 437 g/mol. The molecule has 0 aromatic heterocycles. The Morgan fingerprint density at radius 3 is 2.52 bits per heavy atom. The van der Waals surface area contributed by atoms with Crippen LogP contribution in [0.2, 0.25) is 5.02 Å². The lowest BCUT2D eigenvalue weighted by molar-refractivity contribution is -0.138. The number of hydrogen-bond donors (Lipinski definition) is 1. The number of nitrogens with zero attached hydrogens (tertiary/aromatic N) is 1. The number of hydrogen-bond acceptors (Lipinski definition) is 3. The van der Waals surface area contributed by atoms with Crippen LogP contribution in [-0.2, 0) is 21.9 Å². The number of benzene rings is 2. The predicted octanol–water partition coefficient (Wildman–Crippen LogP) is 4.57. The van der Waals surface area contributed by atoms with Gasteiger partial charge in [0.05, 0.1) is 5.75 Å². The highest BCUT2D eigenvalue weighted by molar-refractivity contribution is 7.99. The molecule has 2 aromatic carbocycles. The number of nitrogens with one attached hydrogen (secondary N) is 1. The largest absolute Gasteiger partial charge is 0.355 e. The zero-order valence-corrected chi connectivity index (χ0v) is 18.4. The number of carbonyl (C=O) groups is 2. The van der Waals surface area contributed by atoms with E-state index in [9.17, 15) is 14.0 Å². The fourth-order valence-electron chi connectivity index (χ4n) is 2.79. The average Bonchev–Trinajstić information content (AvgIpc) is 2.69. The maximum absolute atomic E-state index is 13.9. The number of halogens is 2. The summed E-state index contributed by atoms with van der Waals surface area (Å²) in [5, 5.41) is 3.11. The standard InChI is InChI=1S/C22H26ClFN2O2S/c1-4-25-22(28)16(3)26(12-17-10-8-15(2)9-11-17)21(27)14-29-13-18-19(23)6-5-7-20(18)24/h5-11,16H,4,12-14H2,1-3H3,(H,25,28). The van der Waals surface area contributed by atoms with E-state index in [2.05, 4.69) is 5.32 Å². The fourth-order valence-corrected chi connectivity index (χ4v) is 4.04. The Morgan fingerprint density at radius 2 is 1.90 bits per heavy atom. The van der Waals surface area contributed by atoms with Gasteiger partial charge in [-0.1, -0.05) is 47.5 Å². The van der Waals surface area contributed by atoms with Gasteiger partial charge in [-0.3, -0.25) is 9.59 Å². The van der Waals surface area contributed by atoms with Crippen molar-refractivity contribution in [2.45, 2.75) is 39.1 Å². The number of aryl methyl sites for hydroxylation is 1. The van der Waals surface area contributed by atoms with Crippen LogP contribution in [0.25, 0.3) is 0 Å². The van der Waals surface area contributed by atoms with Gasteiger partial charge in [0.15, 0.2) is 0 Å². The monoisotopic (exact) mass is 436 g/mol. The second-order valence-corrected chi connectivity index (χ2v) is 8.16. The Kier molecular flexibility index (Phi) is 8.99. The number of amides is 2. The van der Waals surface area contributed by atoms with Crippen LogP contribution >= 0.6 is 23.4 Å². The molecule has 1 unspecified atom stereocenters. The van der Waals surface area contributed by atoms with E-state index < -0.39 is 6.04 Å². The third-order valence-electron chi connectivity index (χ3n) is 4.53. The lowest BCUT2D eigenvalue weighted by Crippen LogP contribution is -2.48. The number of rotatable bonds is 9. The fraction of sp³-hybridized carbons (Fsp3) is 0.364. The van der Waals surface area contributed by atoms with Crippen LogP contribution in [0.3, 0.4) is 0 Å². The minimum absolute atomic E-state index is 0.125. The summed E-state index contributed by atoms with van der Waals surface area (Å²) in [5.74, 6) is -0.354. The first kappa shape index (κ1) is 23.2. The summed E-state index contributed by atoms with van der Waals surface area (Å²) in [5.41, 5.74) is 2.46. The lowest BCUT2D eigenvalue weighted by atomic mass is 10.1. The van der Waals surface area contributed by atoms with Gasteiger partial charge in [0.2, 0.25) is 11.8 Å². The highest BCUT2D eigenvalue weighted by atomic mass is 35.5. The van der Waals surface area contributed by atoms with Gasteiger partial charge in [0.1, 0.15) is 11.9 Å². The summed E-state index contributed by atoms with van der Waals surface area (Å²) in [6.07, 6.45) is 0. The van der Waals surface area contributed by atoms with Crippen molar-refractivity contribution in [3.05, 3.63) is 70.0 Å². The smallest absolute Gasteiger partial charge is 0.242 e. The molecule has 0 heterocycles. The highest BCUT2D eigenvalue weighted by Gasteiger charge is 2.25. The first-order valence-corrected chi connectivity index (χ1v) is 11.0.